The van der Waals surface area contributed by atoms with E-state index < -0.39 is 5.82 Å². The first-order chi connectivity index (χ1) is 8.11. The molecule has 0 spiro atoms. The number of aromatic nitrogens is 1. The predicted molar refractivity (Wildman–Crippen MR) is 60.1 cm³/mol. The maximum Gasteiger partial charge on any atom is 0.203 e. The van der Waals surface area contributed by atoms with Crippen molar-refractivity contribution < 1.29 is 9.50 Å². The normalized spacial score (nSPS) is 19.6. The Balaban J connectivity index is 2.20. The molecule has 2 heterocycles. The summed E-state index contributed by atoms with van der Waals surface area (Å²) in [6.45, 7) is 1.34. The van der Waals surface area contributed by atoms with Crippen LogP contribution in [0.5, 0.6) is 0 Å². The molecule has 3 N–H and O–H groups in total. The van der Waals surface area contributed by atoms with Crippen LogP contribution in [-0.2, 0) is 0 Å². The minimum absolute atomic E-state index is 0.0730. The van der Waals surface area contributed by atoms with Crippen molar-refractivity contribution in [3.8, 4) is 0 Å². The molecule has 17 heavy (non-hydrogen) atoms. The minimum Gasteiger partial charge on any atom is -0.396 e. The standard InChI is InChI=1S/C11H15FN4O/c12-9-1-2-10(13)16(6-9)11(14)15-4-3-8(5-15)7-17/h1-2,6,8,13-14,17H,3-5,7H2/t8-/m0/s1. The zero-order chi connectivity index (χ0) is 12.4. The fraction of sp³-hybridized carbons (Fsp3) is 0.455. The van der Waals surface area contributed by atoms with E-state index in [4.69, 9.17) is 15.9 Å². The molecule has 0 aromatic carbocycles. The van der Waals surface area contributed by atoms with Crippen LogP contribution < -0.4 is 5.49 Å². The van der Waals surface area contributed by atoms with E-state index in [0.717, 1.165) is 12.6 Å². The third-order valence-corrected chi connectivity index (χ3v) is 2.98. The summed E-state index contributed by atoms with van der Waals surface area (Å²) in [4.78, 5) is 1.75. The second-order valence-electron chi connectivity index (χ2n) is 4.21. The molecule has 0 aliphatic carbocycles. The Labute approximate surface area is 98.1 Å². The van der Waals surface area contributed by atoms with E-state index in [2.05, 4.69) is 0 Å². The van der Waals surface area contributed by atoms with Gasteiger partial charge in [0.15, 0.2) is 0 Å². The number of likely N-dealkylation sites (tertiary alicyclic amines) is 1. The molecule has 2 rings (SSSR count). The molecular formula is C11H15FN4O. The van der Waals surface area contributed by atoms with Gasteiger partial charge in [-0.05, 0) is 18.6 Å². The Morgan fingerprint density at radius 1 is 1.53 bits per heavy atom. The number of hydrogen-bond donors (Lipinski definition) is 3. The van der Waals surface area contributed by atoms with Crippen LogP contribution in [0.4, 0.5) is 4.39 Å². The Morgan fingerprint density at radius 3 is 2.94 bits per heavy atom. The molecule has 0 unspecified atom stereocenters. The molecule has 5 nitrogen and oxygen atoms in total. The number of aliphatic hydroxyl groups excluding tert-OH is 1. The van der Waals surface area contributed by atoms with Gasteiger partial charge in [0.2, 0.25) is 5.96 Å². The number of rotatable bonds is 1. The summed E-state index contributed by atoms with van der Waals surface area (Å²) in [5.41, 5.74) is 0.0730. The molecule has 6 heteroatoms. The van der Waals surface area contributed by atoms with Gasteiger partial charge in [-0.1, -0.05) is 0 Å². The highest BCUT2D eigenvalue weighted by molar-refractivity contribution is 5.79. The first kappa shape index (κ1) is 11.8. The molecule has 1 aromatic heterocycles. The lowest BCUT2D eigenvalue weighted by Crippen LogP contribution is -2.39. The lowest BCUT2D eigenvalue weighted by atomic mass is 10.1. The van der Waals surface area contributed by atoms with E-state index in [-0.39, 0.29) is 24.0 Å². The van der Waals surface area contributed by atoms with Gasteiger partial charge >= 0.3 is 0 Å². The molecule has 1 fully saturated rings. The average molecular weight is 238 g/mol. The van der Waals surface area contributed by atoms with Crippen LogP contribution in [0.15, 0.2) is 18.3 Å². The molecular weight excluding hydrogens is 223 g/mol. The number of hydrogen-bond acceptors (Lipinski definition) is 3. The number of aliphatic hydroxyl groups is 1. The van der Waals surface area contributed by atoms with Gasteiger partial charge in [0.25, 0.3) is 0 Å². The summed E-state index contributed by atoms with van der Waals surface area (Å²) < 4.78 is 14.3. The molecule has 0 amide bonds. The van der Waals surface area contributed by atoms with Crippen molar-refractivity contribution in [3.05, 3.63) is 29.6 Å². The molecule has 92 valence electrons. The van der Waals surface area contributed by atoms with E-state index in [1.54, 1.807) is 4.90 Å². The molecule has 1 saturated heterocycles. The summed E-state index contributed by atoms with van der Waals surface area (Å²) in [6, 6.07) is 2.52. The fourth-order valence-electron chi connectivity index (χ4n) is 1.98. The van der Waals surface area contributed by atoms with Crippen molar-refractivity contribution in [2.75, 3.05) is 19.7 Å². The first-order valence-corrected chi connectivity index (χ1v) is 5.49. The van der Waals surface area contributed by atoms with Crippen LogP contribution in [-0.4, -0.2) is 40.2 Å². The van der Waals surface area contributed by atoms with Crippen molar-refractivity contribution >= 4 is 5.96 Å². The summed E-state index contributed by atoms with van der Waals surface area (Å²) in [5.74, 6) is -0.215. The summed E-state index contributed by atoms with van der Waals surface area (Å²) in [7, 11) is 0. The molecule has 1 aliphatic heterocycles. The lowest BCUT2D eigenvalue weighted by molar-refractivity contribution is 0.232. The van der Waals surface area contributed by atoms with Gasteiger partial charge in [0.05, 0.1) is 0 Å². The summed E-state index contributed by atoms with van der Waals surface area (Å²) in [5, 5.41) is 24.6. The maximum absolute atomic E-state index is 13.1. The van der Waals surface area contributed by atoms with Crippen molar-refractivity contribution in [1.82, 2.24) is 9.47 Å². The van der Waals surface area contributed by atoms with Gasteiger partial charge in [-0.2, -0.15) is 0 Å². The van der Waals surface area contributed by atoms with Gasteiger partial charge in [-0.25, -0.2) is 4.39 Å². The van der Waals surface area contributed by atoms with E-state index in [1.165, 1.54) is 16.7 Å². The van der Waals surface area contributed by atoms with Crippen molar-refractivity contribution in [1.29, 1.82) is 10.8 Å². The van der Waals surface area contributed by atoms with Gasteiger partial charge in [-0.3, -0.25) is 15.4 Å². The third-order valence-electron chi connectivity index (χ3n) is 2.98. The second kappa shape index (κ2) is 4.67. The first-order valence-electron chi connectivity index (χ1n) is 5.49. The van der Waals surface area contributed by atoms with Crippen LogP contribution >= 0.6 is 0 Å². The molecule has 1 aliphatic rings. The molecule has 0 bridgehead atoms. The number of halogens is 1. The van der Waals surface area contributed by atoms with Gasteiger partial charge in [-0.15, -0.1) is 0 Å². The lowest BCUT2D eigenvalue weighted by Gasteiger charge is -2.20. The Morgan fingerprint density at radius 2 is 2.29 bits per heavy atom. The monoisotopic (exact) mass is 238 g/mol. The molecule has 1 aromatic rings. The fourth-order valence-corrected chi connectivity index (χ4v) is 1.98. The second-order valence-corrected chi connectivity index (χ2v) is 4.21. The van der Waals surface area contributed by atoms with E-state index >= 15 is 0 Å². The zero-order valence-electron chi connectivity index (χ0n) is 9.36. The topological polar surface area (TPSA) is 76.1 Å². The van der Waals surface area contributed by atoms with E-state index in [1.807, 2.05) is 0 Å². The Hall–Kier alpha value is -1.69. The van der Waals surface area contributed by atoms with Crippen LogP contribution in [0, 0.1) is 22.6 Å². The van der Waals surface area contributed by atoms with Gasteiger partial charge < -0.3 is 10.0 Å². The molecule has 1 atom stereocenters. The van der Waals surface area contributed by atoms with Crippen molar-refractivity contribution in [3.63, 3.8) is 0 Å². The summed E-state index contributed by atoms with van der Waals surface area (Å²) in [6.07, 6.45) is 1.96. The summed E-state index contributed by atoms with van der Waals surface area (Å²) >= 11 is 0. The predicted octanol–water partition coefficient (Wildman–Crippen LogP) is 0.204. The highest BCUT2D eigenvalue weighted by atomic mass is 19.1. The van der Waals surface area contributed by atoms with Crippen molar-refractivity contribution in [2.24, 2.45) is 5.92 Å². The highest BCUT2D eigenvalue weighted by Gasteiger charge is 2.24. The van der Waals surface area contributed by atoms with Gasteiger partial charge in [0.1, 0.15) is 11.3 Å². The highest BCUT2D eigenvalue weighted by Crippen LogP contribution is 2.15. The van der Waals surface area contributed by atoms with Crippen LogP contribution in [0.3, 0.4) is 0 Å². The average Bonchev–Trinajstić information content (AvgIpc) is 2.80. The Bertz CT molecular complexity index is 485. The quantitative estimate of drug-likeness (QED) is 0.483. The molecule has 0 radical (unpaired) electrons. The van der Waals surface area contributed by atoms with Crippen molar-refractivity contribution in [2.45, 2.75) is 6.42 Å². The third kappa shape index (κ3) is 2.36. The van der Waals surface area contributed by atoms with E-state index in [0.29, 0.717) is 13.1 Å². The van der Waals surface area contributed by atoms with E-state index in [9.17, 15) is 4.39 Å². The molecule has 0 saturated carbocycles. The van der Waals surface area contributed by atoms with Crippen LogP contribution in [0.25, 0.3) is 0 Å². The van der Waals surface area contributed by atoms with Crippen LogP contribution in [0.2, 0.25) is 0 Å². The number of nitrogens with one attached hydrogen (secondary N) is 2. The zero-order valence-corrected chi connectivity index (χ0v) is 9.36. The maximum atomic E-state index is 13.1. The largest absolute Gasteiger partial charge is 0.396 e. The van der Waals surface area contributed by atoms with Gasteiger partial charge in [0, 0.05) is 31.8 Å². The Kier molecular flexibility index (Phi) is 3.23. The minimum atomic E-state index is -0.469. The van der Waals surface area contributed by atoms with Crippen LogP contribution in [0.1, 0.15) is 6.42 Å². The smallest absolute Gasteiger partial charge is 0.203 e. The SMILES string of the molecule is N=C(N1CC[C@H](CO)C1)n1cc(F)ccc1=N. The number of nitrogens with zero attached hydrogens (tertiary/aromatic N) is 2. The number of pyridine rings is 1.